The number of allylic oxidation sites excluding steroid dienone is 1. The van der Waals surface area contributed by atoms with Crippen LogP contribution in [0.2, 0.25) is 0 Å². The van der Waals surface area contributed by atoms with Gasteiger partial charge in [-0.15, -0.1) is 0 Å². The fourth-order valence-electron chi connectivity index (χ4n) is 2.44. The smallest absolute Gasteiger partial charge is 0.273 e. The van der Waals surface area contributed by atoms with E-state index in [0.717, 1.165) is 0 Å². The number of hydrogen-bond acceptors (Lipinski definition) is 5. The molecule has 0 saturated carbocycles. The van der Waals surface area contributed by atoms with Crippen LogP contribution in [-0.4, -0.2) is 17.8 Å². The van der Waals surface area contributed by atoms with E-state index in [1.807, 2.05) is 6.07 Å². The van der Waals surface area contributed by atoms with E-state index in [1.165, 1.54) is 25.3 Å². The number of nitrogens with zero attached hydrogens (tertiary/aromatic N) is 1. The Balaban J connectivity index is 1.83. The van der Waals surface area contributed by atoms with Crippen LogP contribution in [0.15, 0.2) is 71.2 Å². The summed E-state index contributed by atoms with van der Waals surface area (Å²) in [7, 11) is 1.44. The number of non-ortho nitro benzene ring substituents is 1. The molecule has 3 rings (SSSR count). The van der Waals surface area contributed by atoms with E-state index in [1.54, 1.807) is 48.5 Å². The van der Waals surface area contributed by atoms with Gasteiger partial charge < -0.3 is 9.15 Å². The third kappa shape index (κ3) is 3.70. The van der Waals surface area contributed by atoms with E-state index in [2.05, 4.69) is 0 Å². The van der Waals surface area contributed by atoms with Gasteiger partial charge in [-0.1, -0.05) is 30.3 Å². The molecule has 0 atom stereocenters. The zero-order valence-electron chi connectivity index (χ0n) is 13.9. The third-order valence-electron chi connectivity index (χ3n) is 3.75. The molecule has 0 amide bonds. The molecule has 1 heterocycles. The van der Waals surface area contributed by atoms with Gasteiger partial charge in [-0.25, -0.2) is 0 Å². The lowest BCUT2D eigenvalue weighted by atomic mass is 10.1. The first-order valence-corrected chi connectivity index (χ1v) is 7.78. The number of nitro groups is 1. The first-order valence-electron chi connectivity index (χ1n) is 7.78. The van der Waals surface area contributed by atoms with E-state index in [-0.39, 0.29) is 11.5 Å². The van der Waals surface area contributed by atoms with Crippen LogP contribution in [-0.2, 0) is 0 Å². The summed E-state index contributed by atoms with van der Waals surface area (Å²) in [6, 6.07) is 16.6. The van der Waals surface area contributed by atoms with E-state index in [4.69, 9.17) is 9.15 Å². The zero-order valence-corrected chi connectivity index (χ0v) is 13.9. The topological polar surface area (TPSA) is 82.6 Å². The molecule has 26 heavy (non-hydrogen) atoms. The van der Waals surface area contributed by atoms with Crippen molar-refractivity contribution in [3.05, 3.63) is 88.2 Å². The molecule has 0 unspecified atom stereocenters. The summed E-state index contributed by atoms with van der Waals surface area (Å²) in [4.78, 5) is 22.5. The van der Waals surface area contributed by atoms with Gasteiger partial charge in [0.1, 0.15) is 17.3 Å². The van der Waals surface area contributed by atoms with Crippen molar-refractivity contribution in [1.82, 2.24) is 0 Å². The summed E-state index contributed by atoms with van der Waals surface area (Å²) in [5, 5.41) is 10.9. The van der Waals surface area contributed by atoms with Gasteiger partial charge in [0.25, 0.3) is 5.69 Å². The molecule has 1 aromatic heterocycles. The van der Waals surface area contributed by atoms with Crippen LogP contribution in [0.25, 0.3) is 17.4 Å². The van der Waals surface area contributed by atoms with Gasteiger partial charge in [-0.2, -0.15) is 0 Å². The van der Waals surface area contributed by atoms with Crippen molar-refractivity contribution in [3.8, 4) is 17.1 Å². The number of ether oxygens (including phenoxy) is 1. The Hall–Kier alpha value is -3.67. The maximum atomic E-state index is 12.1. The van der Waals surface area contributed by atoms with Gasteiger partial charge in [0.05, 0.1) is 23.7 Å². The Morgan fingerprint density at radius 2 is 1.88 bits per heavy atom. The average Bonchev–Trinajstić information content (AvgIpc) is 3.15. The maximum Gasteiger partial charge on any atom is 0.273 e. The number of ketones is 1. The molecule has 0 aliphatic heterocycles. The minimum Gasteiger partial charge on any atom is -0.496 e. The van der Waals surface area contributed by atoms with Gasteiger partial charge in [0.15, 0.2) is 5.78 Å². The van der Waals surface area contributed by atoms with Crippen LogP contribution in [0.4, 0.5) is 5.69 Å². The first-order chi connectivity index (χ1) is 12.6. The molecule has 0 radical (unpaired) electrons. The lowest BCUT2D eigenvalue weighted by Crippen LogP contribution is -1.92. The number of furan rings is 1. The predicted octanol–water partition coefficient (Wildman–Crippen LogP) is 4.76. The van der Waals surface area contributed by atoms with Crippen LogP contribution in [0.3, 0.4) is 0 Å². The van der Waals surface area contributed by atoms with Crippen molar-refractivity contribution in [3.63, 3.8) is 0 Å². The standard InChI is InChI=1S/C20H15NO5/c1-25-20-13-15(21(23)24)7-10-17(20)19-12-9-16(26-19)8-11-18(22)14-5-3-2-4-6-14/h2-13H,1H3/b11-8+. The highest BCUT2D eigenvalue weighted by atomic mass is 16.6. The lowest BCUT2D eigenvalue weighted by Gasteiger charge is -2.05. The molecule has 6 nitrogen and oxygen atoms in total. The molecule has 0 aliphatic rings. The number of carbonyl (C=O) groups excluding carboxylic acids is 1. The van der Waals surface area contributed by atoms with Crippen molar-refractivity contribution >= 4 is 17.5 Å². The molecule has 130 valence electrons. The van der Waals surface area contributed by atoms with Crippen LogP contribution in [0, 0.1) is 10.1 Å². The minimum absolute atomic E-state index is 0.0641. The van der Waals surface area contributed by atoms with Crippen LogP contribution >= 0.6 is 0 Å². The summed E-state index contributed by atoms with van der Waals surface area (Å²) in [6.45, 7) is 0. The summed E-state index contributed by atoms with van der Waals surface area (Å²) < 4.78 is 10.9. The second-order valence-corrected chi connectivity index (χ2v) is 5.41. The molecule has 0 saturated heterocycles. The van der Waals surface area contributed by atoms with Crippen molar-refractivity contribution in [1.29, 1.82) is 0 Å². The molecule has 0 bridgehead atoms. The highest BCUT2D eigenvalue weighted by Crippen LogP contribution is 2.34. The molecule has 0 N–H and O–H groups in total. The zero-order chi connectivity index (χ0) is 18.5. The molecule has 0 aliphatic carbocycles. The Morgan fingerprint density at radius 3 is 2.58 bits per heavy atom. The van der Waals surface area contributed by atoms with Gasteiger partial charge in [-0.3, -0.25) is 14.9 Å². The van der Waals surface area contributed by atoms with Crippen molar-refractivity contribution < 1.29 is 18.9 Å². The molecule has 3 aromatic rings. The van der Waals surface area contributed by atoms with Crippen LogP contribution in [0.5, 0.6) is 5.75 Å². The Morgan fingerprint density at radius 1 is 1.12 bits per heavy atom. The lowest BCUT2D eigenvalue weighted by molar-refractivity contribution is -0.384. The number of rotatable bonds is 6. The highest BCUT2D eigenvalue weighted by molar-refractivity contribution is 6.06. The second kappa shape index (κ2) is 7.48. The number of nitro benzene ring substituents is 1. The second-order valence-electron chi connectivity index (χ2n) is 5.41. The largest absolute Gasteiger partial charge is 0.496 e. The first kappa shape index (κ1) is 17.2. The number of carbonyl (C=O) groups is 1. The highest BCUT2D eigenvalue weighted by Gasteiger charge is 2.15. The number of benzene rings is 2. The molecule has 6 heteroatoms. The molecule has 0 spiro atoms. The van der Waals surface area contributed by atoms with Crippen LogP contribution in [0.1, 0.15) is 16.1 Å². The molecule has 2 aromatic carbocycles. The quantitative estimate of drug-likeness (QED) is 0.277. The molecular formula is C20H15NO5. The van der Waals surface area contributed by atoms with Crippen molar-refractivity contribution in [2.45, 2.75) is 0 Å². The SMILES string of the molecule is COc1cc([N+](=O)[O-])ccc1-c1ccc(/C=C/C(=O)c2ccccc2)o1. The summed E-state index contributed by atoms with van der Waals surface area (Å²) in [6.07, 6.45) is 3.02. The summed E-state index contributed by atoms with van der Waals surface area (Å²) in [5.41, 5.74) is 1.12. The normalized spacial score (nSPS) is 10.8. The predicted molar refractivity (Wildman–Crippen MR) is 97.2 cm³/mol. The third-order valence-corrected chi connectivity index (χ3v) is 3.75. The number of methoxy groups -OCH3 is 1. The van der Waals surface area contributed by atoms with Crippen molar-refractivity contribution in [2.24, 2.45) is 0 Å². The Kier molecular flexibility index (Phi) is 4.94. The monoisotopic (exact) mass is 349 g/mol. The van der Waals surface area contributed by atoms with E-state index in [9.17, 15) is 14.9 Å². The van der Waals surface area contributed by atoms with Crippen LogP contribution < -0.4 is 4.74 Å². The van der Waals surface area contributed by atoms with Gasteiger partial charge in [-0.05, 0) is 30.4 Å². The fourth-order valence-corrected chi connectivity index (χ4v) is 2.44. The van der Waals surface area contributed by atoms with E-state index >= 15 is 0 Å². The van der Waals surface area contributed by atoms with Gasteiger partial charge in [0, 0.05) is 11.6 Å². The maximum absolute atomic E-state index is 12.1. The van der Waals surface area contributed by atoms with E-state index < -0.39 is 4.92 Å². The van der Waals surface area contributed by atoms with E-state index in [0.29, 0.717) is 28.4 Å². The average molecular weight is 349 g/mol. The van der Waals surface area contributed by atoms with Gasteiger partial charge >= 0.3 is 0 Å². The van der Waals surface area contributed by atoms with Crippen molar-refractivity contribution in [2.75, 3.05) is 7.11 Å². The van der Waals surface area contributed by atoms with Gasteiger partial charge in [0.2, 0.25) is 0 Å². The minimum atomic E-state index is -0.488. The fraction of sp³-hybridized carbons (Fsp3) is 0.0500. The Bertz CT molecular complexity index is 973. The number of hydrogen-bond donors (Lipinski definition) is 0. The molecule has 0 fully saturated rings. The summed E-state index contributed by atoms with van der Waals surface area (Å²) in [5.74, 6) is 1.19. The molecular weight excluding hydrogens is 334 g/mol. The Labute approximate surface area is 149 Å². The summed E-state index contributed by atoms with van der Waals surface area (Å²) >= 11 is 0.